The van der Waals surface area contributed by atoms with Crippen molar-refractivity contribution in [2.24, 2.45) is 0 Å². The molecule has 2 amide bonds. The van der Waals surface area contributed by atoms with Crippen LogP contribution in [0.5, 0.6) is 0 Å². The first kappa shape index (κ1) is 14.1. The van der Waals surface area contributed by atoms with Gasteiger partial charge in [0.15, 0.2) is 5.92 Å². The molecule has 0 unspecified atom stereocenters. The van der Waals surface area contributed by atoms with Crippen LogP contribution in [0.1, 0.15) is 5.69 Å². The van der Waals surface area contributed by atoms with Crippen molar-refractivity contribution in [1.82, 2.24) is 14.8 Å². The number of nitrogens with one attached hydrogen (secondary N) is 1. The molecule has 1 heterocycles. The van der Waals surface area contributed by atoms with E-state index in [1.165, 1.54) is 9.80 Å². The van der Waals surface area contributed by atoms with Gasteiger partial charge in [-0.1, -0.05) is 18.2 Å². The summed E-state index contributed by atoms with van der Waals surface area (Å²) in [5.41, 5.74) is 1.45. The highest BCUT2D eigenvalue weighted by molar-refractivity contribution is 6.18. The Hall–Kier alpha value is -2.30. The fraction of sp³-hybridized carbons (Fsp3) is 0.267. The van der Waals surface area contributed by atoms with Gasteiger partial charge in [0.1, 0.15) is 0 Å². The molecule has 0 aliphatic heterocycles. The summed E-state index contributed by atoms with van der Waals surface area (Å²) >= 11 is 0. The predicted molar refractivity (Wildman–Crippen MR) is 78.0 cm³/mol. The van der Waals surface area contributed by atoms with E-state index in [0.717, 1.165) is 10.9 Å². The number of nitrogens with zero attached hydrogens (tertiary/aromatic N) is 2. The van der Waals surface area contributed by atoms with Gasteiger partial charge >= 0.3 is 0 Å². The summed E-state index contributed by atoms with van der Waals surface area (Å²) in [5.74, 6) is -0.471. The number of hydrogen-bond donors (Lipinski definition) is 1. The highest BCUT2D eigenvalue weighted by atomic mass is 16.2. The van der Waals surface area contributed by atoms with E-state index in [1.54, 1.807) is 28.2 Å². The Balaban J connectivity index is 2.50. The number of H-pyrrole nitrogens is 1. The fourth-order valence-electron chi connectivity index (χ4n) is 1.98. The lowest BCUT2D eigenvalue weighted by molar-refractivity contribution is -0.134. The summed E-state index contributed by atoms with van der Waals surface area (Å²) in [4.78, 5) is 30.5. The third-order valence-corrected chi connectivity index (χ3v) is 3.04. The van der Waals surface area contributed by atoms with Crippen LogP contribution in [0.3, 0.4) is 0 Å². The summed E-state index contributed by atoms with van der Waals surface area (Å²) in [6.07, 6.45) is 0. The maximum absolute atomic E-state index is 12.3. The number of fused-ring (bicyclic) bond motifs is 1. The van der Waals surface area contributed by atoms with E-state index in [1.807, 2.05) is 30.3 Å². The first-order valence-corrected chi connectivity index (χ1v) is 6.30. The molecule has 0 saturated carbocycles. The summed E-state index contributed by atoms with van der Waals surface area (Å²) in [5, 5.41) is 0.970. The minimum absolute atomic E-state index is 0.149. The van der Waals surface area contributed by atoms with Gasteiger partial charge in [0.25, 0.3) is 0 Å². The van der Waals surface area contributed by atoms with Crippen molar-refractivity contribution in [2.45, 2.75) is 0 Å². The van der Waals surface area contributed by atoms with Gasteiger partial charge in [-0.15, -0.1) is 0 Å². The summed E-state index contributed by atoms with van der Waals surface area (Å²) in [6.45, 7) is 0. The molecule has 2 rings (SSSR count). The number of carbonyl (C=O) groups excluding carboxylic acids is 2. The lowest BCUT2D eigenvalue weighted by atomic mass is 10.0. The Bertz CT molecular complexity index is 590. The molecular weight excluding hydrogens is 254 g/mol. The van der Waals surface area contributed by atoms with Crippen molar-refractivity contribution >= 4 is 22.7 Å². The maximum atomic E-state index is 12.3. The Morgan fingerprint density at radius 2 is 1.50 bits per heavy atom. The Labute approximate surface area is 118 Å². The van der Waals surface area contributed by atoms with Crippen LogP contribution in [0.15, 0.2) is 30.3 Å². The number of benzene rings is 1. The monoisotopic (exact) mass is 272 g/mol. The molecule has 1 aromatic carbocycles. The Morgan fingerprint density at radius 1 is 0.950 bits per heavy atom. The minimum atomic E-state index is -0.310. The van der Waals surface area contributed by atoms with Gasteiger partial charge < -0.3 is 14.8 Å². The van der Waals surface area contributed by atoms with Gasteiger partial charge in [0.2, 0.25) is 11.8 Å². The second-order valence-corrected chi connectivity index (χ2v) is 5.04. The number of aromatic amines is 1. The molecule has 1 aromatic heterocycles. The molecule has 105 valence electrons. The lowest BCUT2D eigenvalue weighted by Crippen LogP contribution is -2.39. The van der Waals surface area contributed by atoms with E-state index in [0.29, 0.717) is 5.69 Å². The smallest absolute Gasteiger partial charge is 0.245 e. The molecule has 0 aliphatic rings. The number of carbonyl (C=O) groups is 2. The lowest BCUT2D eigenvalue weighted by Gasteiger charge is -2.21. The Morgan fingerprint density at radius 3 is 2.00 bits per heavy atom. The molecule has 5 heteroatoms. The zero-order valence-electron chi connectivity index (χ0n) is 12.1. The number of aromatic nitrogens is 1. The molecular formula is C15H18N3O2. The molecule has 0 aliphatic carbocycles. The van der Waals surface area contributed by atoms with Crippen LogP contribution in [-0.4, -0.2) is 54.8 Å². The van der Waals surface area contributed by atoms with Crippen molar-refractivity contribution < 1.29 is 9.59 Å². The molecule has 0 saturated heterocycles. The van der Waals surface area contributed by atoms with Gasteiger partial charge in [0, 0.05) is 39.4 Å². The highest BCUT2D eigenvalue weighted by Crippen LogP contribution is 2.23. The maximum Gasteiger partial charge on any atom is 0.245 e. The van der Waals surface area contributed by atoms with Crippen molar-refractivity contribution in [3.05, 3.63) is 41.9 Å². The second kappa shape index (κ2) is 5.36. The van der Waals surface area contributed by atoms with Crippen molar-refractivity contribution in [3.8, 4) is 0 Å². The van der Waals surface area contributed by atoms with Crippen LogP contribution in [0, 0.1) is 5.92 Å². The third kappa shape index (κ3) is 2.52. The van der Waals surface area contributed by atoms with Gasteiger partial charge in [-0.3, -0.25) is 9.59 Å². The van der Waals surface area contributed by atoms with Crippen LogP contribution in [0.25, 0.3) is 10.9 Å². The van der Waals surface area contributed by atoms with Crippen molar-refractivity contribution in [2.75, 3.05) is 28.2 Å². The number of hydrogen-bond acceptors (Lipinski definition) is 2. The van der Waals surface area contributed by atoms with Gasteiger partial charge in [-0.2, -0.15) is 0 Å². The number of amides is 2. The fourth-order valence-corrected chi connectivity index (χ4v) is 1.98. The average molecular weight is 272 g/mol. The predicted octanol–water partition coefficient (Wildman–Crippen LogP) is 1.27. The van der Waals surface area contributed by atoms with Crippen LogP contribution < -0.4 is 0 Å². The van der Waals surface area contributed by atoms with Crippen LogP contribution in [0.2, 0.25) is 0 Å². The van der Waals surface area contributed by atoms with Gasteiger partial charge in [-0.25, -0.2) is 0 Å². The number of para-hydroxylation sites is 1. The molecule has 0 spiro atoms. The van der Waals surface area contributed by atoms with E-state index >= 15 is 0 Å². The highest BCUT2D eigenvalue weighted by Gasteiger charge is 2.33. The summed E-state index contributed by atoms with van der Waals surface area (Å²) in [6, 6.07) is 9.50. The molecule has 1 radical (unpaired) electrons. The Kier molecular flexibility index (Phi) is 3.79. The molecule has 0 atom stereocenters. The molecule has 1 N–H and O–H groups in total. The summed E-state index contributed by atoms with van der Waals surface area (Å²) < 4.78 is 0. The van der Waals surface area contributed by atoms with Crippen molar-refractivity contribution in [3.63, 3.8) is 0 Å². The third-order valence-electron chi connectivity index (χ3n) is 3.04. The quantitative estimate of drug-likeness (QED) is 0.855. The van der Waals surface area contributed by atoms with E-state index in [-0.39, 0.29) is 17.7 Å². The zero-order chi connectivity index (χ0) is 14.9. The average Bonchev–Trinajstić information content (AvgIpc) is 2.81. The molecule has 2 aromatic rings. The first-order valence-electron chi connectivity index (χ1n) is 6.30. The van der Waals surface area contributed by atoms with Crippen LogP contribution in [0.4, 0.5) is 0 Å². The minimum Gasteiger partial charge on any atom is -0.357 e. The molecule has 0 bridgehead atoms. The largest absolute Gasteiger partial charge is 0.357 e. The molecule has 5 nitrogen and oxygen atoms in total. The van der Waals surface area contributed by atoms with Gasteiger partial charge in [0.05, 0.1) is 0 Å². The second-order valence-electron chi connectivity index (χ2n) is 5.04. The van der Waals surface area contributed by atoms with Crippen LogP contribution >= 0.6 is 0 Å². The molecule has 0 fully saturated rings. The summed E-state index contributed by atoms with van der Waals surface area (Å²) in [7, 11) is 6.53. The van der Waals surface area contributed by atoms with E-state index in [9.17, 15) is 9.59 Å². The zero-order valence-corrected chi connectivity index (χ0v) is 12.1. The first-order chi connectivity index (χ1) is 9.41. The number of likely N-dealkylation sites (N-methyl/N-ethyl adjacent to an activating group) is 2. The van der Waals surface area contributed by atoms with E-state index in [2.05, 4.69) is 4.98 Å². The normalized spacial score (nSPS) is 10.8. The number of rotatable bonds is 3. The van der Waals surface area contributed by atoms with E-state index in [4.69, 9.17) is 0 Å². The van der Waals surface area contributed by atoms with Crippen LogP contribution in [-0.2, 0) is 9.59 Å². The SMILES string of the molecule is CN(C)C(=O)[C](C(=O)N(C)C)c1cc2ccccc2[nH]1. The van der Waals surface area contributed by atoms with Crippen molar-refractivity contribution in [1.29, 1.82) is 0 Å². The molecule has 20 heavy (non-hydrogen) atoms. The van der Waals surface area contributed by atoms with E-state index < -0.39 is 0 Å². The van der Waals surface area contributed by atoms with Gasteiger partial charge in [-0.05, 0) is 17.5 Å². The topological polar surface area (TPSA) is 56.4 Å². The standard InChI is InChI=1S/C15H18N3O2/c1-17(2)14(19)13(15(20)18(3)4)12-9-10-7-5-6-8-11(10)16-12/h5-9,16H,1-4H3.